The van der Waals surface area contributed by atoms with E-state index in [1.807, 2.05) is 0 Å². The molecule has 1 N–H and O–H groups in total. The number of benzene rings is 1. The van der Waals surface area contributed by atoms with Crippen LogP contribution in [0.2, 0.25) is 0 Å². The van der Waals surface area contributed by atoms with E-state index in [0.717, 1.165) is 19.0 Å². The first-order chi connectivity index (χ1) is 8.77. The molecule has 1 aromatic carbocycles. The van der Waals surface area contributed by atoms with E-state index >= 15 is 0 Å². The van der Waals surface area contributed by atoms with Crippen LogP contribution in [0.1, 0.15) is 38.3 Å². The van der Waals surface area contributed by atoms with Crippen LogP contribution in [0.15, 0.2) is 30.3 Å². The number of rotatable bonds is 6. The summed E-state index contributed by atoms with van der Waals surface area (Å²) in [4.78, 5) is 2.63. The third-order valence-electron chi connectivity index (χ3n) is 3.66. The zero-order valence-electron chi connectivity index (χ0n) is 11.7. The first kappa shape index (κ1) is 13.6. The summed E-state index contributed by atoms with van der Waals surface area (Å²) in [5.74, 6) is 0.722. The average Bonchev–Trinajstić information content (AvgIpc) is 2.89. The van der Waals surface area contributed by atoms with Crippen molar-refractivity contribution in [3.63, 3.8) is 0 Å². The topological polar surface area (TPSA) is 15.3 Å². The lowest BCUT2D eigenvalue weighted by molar-refractivity contribution is 0.237. The Labute approximate surface area is 111 Å². The lowest BCUT2D eigenvalue weighted by Gasteiger charge is -2.28. The Morgan fingerprint density at radius 1 is 1.06 bits per heavy atom. The molecular weight excluding hydrogens is 220 g/mol. The highest BCUT2D eigenvalue weighted by molar-refractivity contribution is 5.19. The Morgan fingerprint density at radius 3 is 2.33 bits per heavy atom. The largest absolute Gasteiger partial charge is 0.315 e. The van der Waals surface area contributed by atoms with Gasteiger partial charge < -0.3 is 5.32 Å². The van der Waals surface area contributed by atoms with Gasteiger partial charge in [-0.05, 0) is 44.0 Å². The third-order valence-corrected chi connectivity index (χ3v) is 3.66. The number of hydrogen-bond acceptors (Lipinski definition) is 2. The molecule has 1 aromatic rings. The number of likely N-dealkylation sites (tertiary alicyclic amines) is 1. The number of nitrogens with one attached hydrogen (secondary N) is 1. The van der Waals surface area contributed by atoms with Crippen molar-refractivity contribution in [3.05, 3.63) is 35.9 Å². The van der Waals surface area contributed by atoms with Gasteiger partial charge in [0.15, 0.2) is 0 Å². The fourth-order valence-electron chi connectivity index (χ4n) is 2.69. The zero-order chi connectivity index (χ0) is 12.8. The molecule has 2 rings (SSSR count). The van der Waals surface area contributed by atoms with E-state index in [-0.39, 0.29) is 0 Å². The maximum Gasteiger partial charge on any atom is 0.0472 e. The summed E-state index contributed by atoms with van der Waals surface area (Å²) in [5.41, 5.74) is 1.45. The van der Waals surface area contributed by atoms with Gasteiger partial charge in [-0.3, -0.25) is 4.90 Å². The van der Waals surface area contributed by atoms with Gasteiger partial charge in [0.2, 0.25) is 0 Å². The van der Waals surface area contributed by atoms with Crippen LogP contribution in [0, 0.1) is 5.92 Å². The van der Waals surface area contributed by atoms with E-state index in [0.29, 0.717) is 6.04 Å². The molecule has 1 saturated heterocycles. The molecule has 0 bridgehead atoms. The maximum absolute atomic E-state index is 3.62. The molecule has 100 valence electrons. The fourth-order valence-corrected chi connectivity index (χ4v) is 2.69. The van der Waals surface area contributed by atoms with Gasteiger partial charge in [-0.2, -0.15) is 0 Å². The molecule has 1 aliphatic rings. The molecule has 2 nitrogen and oxygen atoms in total. The summed E-state index contributed by atoms with van der Waals surface area (Å²) >= 11 is 0. The molecule has 1 unspecified atom stereocenters. The van der Waals surface area contributed by atoms with Crippen molar-refractivity contribution in [1.82, 2.24) is 10.2 Å². The molecule has 0 saturated carbocycles. The van der Waals surface area contributed by atoms with Crippen LogP contribution < -0.4 is 5.32 Å². The summed E-state index contributed by atoms with van der Waals surface area (Å²) in [6, 6.07) is 11.5. The minimum Gasteiger partial charge on any atom is -0.315 e. The van der Waals surface area contributed by atoms with Crippen molar-refractivity contribution >= 4 is 0 Å². The van der Waals surface area contributed by atoms with Crippen molar-refractivity contribution in [2.24, 2.45) is 5.92 Å². The summed E-state index contributed by atoms with van der Waals surface area (Å²) in [5, 5.41) is 3.62. The van der Waals surface area contributed by atoms with Crippen LogP contribution in [-0.2, 0) is 0 Å². The molecule has 1 heterocycles. The van der Waals surface area contributed by atoms with E-state index in [4.69, 9.17) is 0 Å². The summed E-state index contributed by atoms with van der Waals surface area (Å²) in [7, 11) is 0. The van der Waals surface area contributed by atoms with Crippen molar-refractivity contribution in [2.45, 2.75) is 32.7 Å². The number of hydrogen-bond donors (Lipinski definition) is 1. The van der Waals surface area contributed by atoms with Crippen LogP contribution in [0.5, 0.6) is 0 Å². The van der Waals surface area contributed by atoms with Gasteiger partial charge in [0.05, 0.1) is 0 Å². The minimum absolute atomic E-state index is 0.549. The number of nitrogens with zero attached hydrogens (tertiary/aromatic N) is 1. The van der Waals surface area contributed by atoms with Crippen LogP contribution in [-0.4, -0.2) is 31.1 Å². The second kappa shape index (κ2) is 6.91. The van der Waals surface area contributed by atoms with E-state index in [1.54, 1.807) is 0 Å². The SMILES string of the molecule is CC(C)CNCC(c1ccccc1)N1CCCC1. The highest BCUT2D eigenvalue weighted by Gasteiger charge is 2.22. The molecule has 0 aliphatic carbocycles. The standard InChI is InChI=1S/C16H26N2/c1-14(2)12-17-13-16(18-10-6-7-11-18)15-8-4-3-5-9-15/h3-5,8-9,14,16-17H,6-7,10-13H2,1-2H3. The highest BCUT2D eigenvalue weighted by Crippen LogP contribution is 2.24. The molecule has 1 fully saturated rings. The lowest BCUT2D eigenvalue weighted by atomic mass is 10.1. The van der Waals surface area contributed by atoms with Crippen molar-refractivity contribution in [1.29, 1.82) is 0 Å². The Balaban J connectivity index is 1.98. The summed E-state index contributed by atoms with van der Waals surface area (Å²) in [6.45, 7) is 9.21. The van der Waals surface area contributed by atoms with Gasteiger partial charge in [-0.15, -0.1) is 0 Å². The quantitative estimate of drug-likeness (QED) is 0.830. The first-order valence-electron chi connectivity index (χ1n) is 7.27. The highest BCUT2D eigenvalue weighted by atomic mass is 15.2. The molecule has 0 spiro atoms. The average molecular weight is 246 g/mol. The molecule has 1 aliphatic heterocycles. The molecule has 2 heteroatoms. The van der Waals surface area contributed by atoms with Crippen LogP contribution in [0.25, 0.3) is 0 Å². The fraction of sp³-hybridized carbons (Fsp3) is 0.625. The zero-order valence-corrected chi connectivity index (χ0v) is 11.7. The smallest absolute Gasteiger partial charge is 0.0472 e. The third kappa shape index (κ3) is 3.82. The maximum atomic E-state index is 3.62. The van der Waals surface area contributed by atoms with Gasteiger partial charge in [0, 0.05) is 12.6 Å². The minimum atomic E-state index is 0.549. The second-order valence-corrected chi connectivity index (χ2v) is 5.72. The van der Waals surface area contributed by atoms with Crippen molar-refractivity contribution in [2.75, 3.05) is 26.2 Å². The molecule has 1 atom stereocenters. The van der Waals surface area contributed by atoms with Gasteiger partial charge in [-0.25, -0.2) is 0 Å². The van der Waals surface area contributed by atoms with Crippen LogP contribution in [0.3, 0.4) is 0 Å². The molecule has 0 amide bonds. The predicted octanol–water partition coefficient (Wildman–Crippen LogP) is 3.07. The Bertz CT molecular complexity index is 328. The summed E-state index contributed by atoms with van der Waals surface area (Å²) < 4.78 is 0. The predicted molar refractivity (Wildman–Crippen MR) is 77.7 cm³/mol. The van der Waals surface area contributed by atoms with E-state index in [1.165, 1.54) is 31.5 Å². The first-order valence-corrected chi connectivity index (χ1v) is 7.27. The lowest BCUT2D eigenvalue weighted by Crippen LogP contribution is -2.35. The van der Waals surface area contributed by atoms with E-state index < -0.39 is 0 Å². The van der Waals surface area contributed by atoms with Gasteiger partial charge in [0.1, 0.15) is 0 Å². The Morgan fingerprint density at radius 2 is 1.72 bits per heavy atom. The van der Waals surface area contributed by atoms with Crippen molar-refractivity contribution in [3.8, 4) is 0 Å². The molecule has 0 aromatic heterocycles. The monoisotopic (exact) mass is 246 g/mol. The molecular formula is C16H26N2. The Hall–Kier alpha value is -0.860. The normalized spacial score (nSPS) is 18.4. The van der Waals surface area contributed by atoms with Crippen molar-refractivity contribution < 1.29 is 0 Å². The van der Waals surface area contributed by atoms with Crippen LogP contribution in [0.4, 0.5) is 0 Å². The molecule has 18 heavy (non-hydrogen) atoms. The van der Waals surface area contributed by atoms with Gasteiger partial charge in [-0.1, -0.05) is 44.2 Å². The van der Waals surface area contributed by atoms with Gasteiger partial charge >= 0.3 is 0 Å². The van der Waals surface area contributed by atoms with E-state index in [9.17, 15) is 0 Å². The van der Waals surface area contributed by atoms with Crippen LogP contribution >= 0.6 is 0 Å². The Kier molecular flexibility index (Phi) is 5.21. The van der Waals surface area contributed by atoms with E-state index in [2.05, 4.69) is 54.4 Å². The summed E-state index contributed by atoms with van der Waals surface area (Å²) in [6.07, 6.45) is 2.71. The van der Waals surface area contributed by atoms with Gasteiger partial charge in [0.25, 0.3) is 0 Å². The molecule has 0 radical (unpaired) electrons. The second-order valence-electron chi connectivity index (χ2n) is 5.72.